The summed E-state index contributed by atoms with van der Waals surface area (Å²) >= 11 is 0. The van der Waals surface area contributed by atoms with Crippen molar-refractivity contribution in [3.8, 4) is 5.75 Å². The summed E-state index contributed by atoms with van der Waals surface area (Å²) in [5.74, 6) is 0.450. The second kappa shape index (κ2) is 8.57. The van der Waals surface area contributed by atoms with Crippen molar-refractivity contribution in [1.82, 2.24) is 5.43 Å². The maximum atomic E-state index is 11.7. The third kappa shape index (κ3) is 6.74. The molecule has 0 heterocycles. The van der Waals surface area contributed by atoms with Gasteiger partial charge in [0.15, 0.2) is 6.61 Å². The lowest BCUT2D eigenvalue weighted by atomic mass is 9.87. The van der Waals surface area contributed by atoms with E-state index in [9.17, 15) is 4.79 Å². The van der Waals surface area contributed by atoms with E-state index in [0.717, 1.165) is 25.0 Å². The summed E-state index contributed by atoms with van der Waals surface area (Å²) < 4.78 is 5.47. The number of hydrogen-bond acceptors (Lipinski definition) is 3. The number of amides is 1. The fraction of sp³-hybridized carbons (Fsp3) is 0.556. The van der Waals surface area contributed by atoms with Crippen LogP contribution in [0, 0.1) is 0 Å². The Morgan fingerprint density at radius 2 is 1.86 bits per heavy atom. The summed E-state index contributed by atoms with van der Waals surface area (Å²) in [4.78, 5) is 11.7. The van der Waals surface area contributed by atoms with Crippen LogP contribution in [0.3, 0.4) is 0 Å². The Kier molecular flexibility index (Phi) is 7.09. The third-order valence-electron chi connectivity index (χ3n) is 3.35. The lowest BCUT2D eigenvalue weighted by Gasteiger charge is -2.19. The number of nitrogens with zero attached hydrogens (tertiary/aromatic N) is 1. The fourth-order valence-corrected chi connectivity index (χ4v) is 1.88. The molecule has 1 amide bonds. The topological polar surface area (TPSA) is 50.7 Å². The first-order valence-corrected chi connectivity index (χ1v) is 7.88. The summed E-state index contributed by atoms with van der Waals surface area (Å²) in [6.07, 6.45) is 3.11. The van der Waals surface area contributed by atoms with Crippen molar-refractivity contribution in [1.29, 1.82) is 0 Å². The molecule has 4 nitrogen and oxygen atoms in total. The molecule has 0 aliphatic heterocycles. The molecule has 1 aromatic rings. The van der Waals surface area contributed by atoms with Gasteiger partial charge in [0, 0.05) is 5.71 Å². The zero-order valence-corrected chi connectivity index (χ0v) is 14.4. The minimum atomic E-state index is -0.240. The van der Waals surface area contributed by atoms with E-state index in [0.29, 0.717) is 5.75 Å². The van der Waals surface area contributed by atoms with Gasteiger partial charge in [0.1, 0.15) is 5.75 Å². The van der Waals surface area contributed by atoms with Gasteiger partial charge in [0.25, 0.3) is 5.91 Å². The van der Waals surface area contributed by atoms with E-state index in [2.05, 4.69) is 38.2 Å². The molecular weight excluding hydrogens is 276 g/mol. The Balaban J connectivity index is 2.41. The van der Waals surface area contributed by atoms with Gasteiger partial charge in [-0.2, -0.15) is 5.10 Å². The fourth-order valence-electron chi connectivity index (χ4n) is 1.88. The summed E-state index contributed by atoms with van der Waals surface area (Å²) in [7, 11) is 0. The molecule has 0 bridgehead atoms. The van der Waals surface area contributed by atoms with Gasteiger partial charge in [0.05, 0.1) is 0 Å². The molecule has 0 fully saturated rings. The van der Waals surface area contributed by atoms with E-state index >= 15 is 0 Å². The molecule has 0 aliphatic carbocycles. The van der Waals surface area contributed by atoms with Crippen LogP contribution >= 0.6 is 0 Å². The highest BCUT2D eigenvalue weighted by Crippen LogP contribution is 2.24. The molecule has 4 heteroatoms. The summed E-state index contributed by atoms with van der Waals surface area (Å²) in [5.41, 5.74) is 4.80. The van der Waals surface area contributed by atoms with Crippen LogP contribution < -0.4 is 10.2 Å². The number of carbonyl (C=O) groups is 1. The molecule has 0 aromatic heterocycles. The van der Waals surface area contributed by atoms with Crippen molar-refractivity contribution >= 4 is 11.6 Å². The molecule has 22 heavy (non-hydrogen) atoms. The van der Waals surface area contributed by atoms with Crippen LogP contribution in [0.5, 0.6) is 5.75 Å². The number of unbranched alkanes of at least 4 members (excludes halogenated alkanes) is 1. The van der Waals surface area contributed by atoms with E-state index in [1.165, 1.54) is 5.56 Å². The molecular formula is C18H28N2O2. The van der Waals surface area contributed by atoms with Gasteiger partial charge >= 0.3 is 0 Å². The number of hydrogen-bond donors (Lipinski definition) is 1. The highest BCUT2D eigenvalue weighted by atomic mass is 16.5. The average Bonchev–Trinajstić information content (AvgIpc) is 2.48. The number of carbonyl (C=O) groups excluding carboxylic acids is 1. The van der Waals surface area contributed by atoms with Crippen LogP contribution in [0.15, 0.2) is 29.4 Å². The molecule has 0 spiro atoms. The van der Waals surface area contributed by atoms with E-state index in [4.69, 9.17) is 4.74 Å². The SMILES string of the molecule is CCCCC(C)=NNC(=O)COc1ccc(C(C)(C)C)cc1. The molecule has 0 aliphatic rings. The van der Waals surface area contributed by atoms with Gasteiger partial charge in [-0.3, -0.25) is 4.79 Å². The van der Waals surface area contributed by atoms with E-state index in [1.54, 1.807) is 0 Å². The van der Waals surface area contributed by atoms with Crippen molar-refractivity contribution in [3.05, 3.63) is 29.8 Å². The van der Waals surface area contributed by atoms with Gasteiger partial charge in [-0.05, 0) is 42.9 Å². The second-order valence-electron chi connectivity index (χ2n) is 6.55. The molecule has 0 radical (unpaired) electrons. The Labute approximate surface area is 134 Å². The normalized spacial score (nSPS) is 12.1. The predicted octanol–water partition coefficient (Wildman–Crippen LogP) is 4.05. The number of rotatable bonds is 7. The minimum absolute atomic E-state index is 0.0284. The molecule has 0 saturated heterocycles. The minimum Gasteiger partial charge on any atom is -0.484 e. The average molecular weight is 304 g/mol. The first kappa shape index (κ1) is 18.2. The molecule has 0 saturated carbocycles. The molecule has 0 unspecified atom stereocenters. The lowest BCUT2D eigenvalue weighted by molar-refractivity contribution is -0.123. The number of ether oxygens (including phenoxy) is 1. The van der Waals surface area contributed by atoms with Crippen LogP contribution in [0.2, 0.25) is 0 Å². The van der Waals surface area contributed by atoms with Gasteiger partial charge in [-0.1, -0.05) is 46.2 Å². The first-order valence-electron chi connectivity index (χ1n) is 7.88. The van der Waals surface area contributed by atoms with Crippen molar-refractivity contribution in [2.24, 2.45) is 5.10 Å². The summed E-state index contributed by atoms with van der Waals surface area (Å²) in [6, 6.07) is 7.84. The highest BCUT2D eigenvalue weighted by molar-refractivity contribution is 5.84. The molecule has 122 valence electrons. The first-order chi connectivity index (χ1) is 10.3. The largest absolute Gasteiger partial charge is 0.484 e. The lowest BCUT2D eigenvalue weighted by Crippen LogP contribution is -2.25. The van der Waals surface area contributed by atoms with Gasteiger partial charge < -0.3 is 4.74 Å². The number of hydrazone groups is 1. The summed E-state index contributed by atoms with van der Waals surface area (Å²) in [5, 5.41) is 4.06. The van der Waals surface area contributed by atoms with Crippen molar-refractivity contribution < 1.29 is 9.53 Å². The Bertz CT molecular complexity index is 499. The van der Waals surface area contributed by atoms with E-state index < -0.39 is 0 Å². The van der Waals surface area contributed by atoms with Crippen LogP contribution in [0.25, 0.3) is 0 Å². The number of benzene rings is 1. The van der Waals surface area contributed by atoms with Gasteiger partial charge in [-0.25, -0.2) is 5.43 Å². The molecule has 0 atom stereocenters. The molecule has 1 aromatic carbocycles. The van der Waals surface area contributed by atoms with Crippen LogP contribution in [0.1, 0.15) is 59.4 Å². The second-order valence-corrected chi connectivity index (χ2v) is 6.55. The quantitative estimate of drug-likeness (QED) is 0.610. The summed E-state index contributed by atoms with van der Waals surface area (Å²) in [6.45, 7) is 10.5. The van der Waals surface area contributed by atoms with Crippen molar-refractivity contribution in [2.75, 3.05) is 6.61 Å². The Morgan fingerprint density at radius 3 is 2.41 bits per heavy atom. The maximum absolute atomic E-state index is 11.7. The van der Waals surface area contributed by atoms with Crippen LogP contribution in [0.4, 0.5) is 0 Å². The number of nitrogens with one attached hydrogen (secondary N) is 1. The van der Waals surface area contributed by atoms with E-state index in [-0.39, 0.29) is 17.9 Å². The Hall–Kier alpha value is -1.84. The van der Waals surface area contributed by atoms with E-state index in [1.807, 2.05) is 31.2 Å². The smallest absolute Gasteiger partial charge is 0.277 e. The maximum Gasteiger partial charge on any atom is 0.277 e. The Morgan fingerprint density at radius 1 is 1.23 bits per heavy atom. The highest BCUT2D eigenvalue weighted by Gasteiger charge is 2.13. The van der Waals surface area contributed by atoms with Crippen LogP contribution in [-0.2, 0) is 10.2 Å². The van der Waals surface area contributed by atoms with Crippen molar-refractivity contribution in [2.45, 2.75) is 59.3 Å². The monoisotopic (exact) mass is 304 g/mol. The standard InChI is InChI=1S/C18H28N2O2/c1-6-7-8-14(2)19-20-17(21)13-22-16-11-9-15(10-12-16)18(3,4)5/h9-12H,6-8,13H2,1-5H3,(H,20,21). The molecule has 1 N–H and O–H groups in total. The van der Waals surface area contributed by atoms with Gasteiger partial charge in [-0.15, -0.1) is 0 Å². The van der Waals surface area contributed by atoms with Crippen LogP contribution in [-0.4, -0.2) is 18.2 Å². The zero-order valence-electron chi connectivity index (χ0n) is 14.4. The zero-order chi connectivity index (χ0) is 16.6. The predicted molar refractivity (Wildman–Crippen MR) is 91.4 cm³/mol. The van der Waals surface area contributed by atoms with Crippen molar-refractivity contribution in [3.63, 3.8) is 0 Å². The third-order valence-corrected chi connectivity index (χ3v) is 3.35. The molecule has 1 rings (SSSR count). The van der Waals surface area contributed by atoms with Gasteiger partial charge in [0.2, 0.25) is 0 Å².